The van der Waals surface area contributed by atoms with Crippen LogP contribution in [0.15, 0.2) is 46.1 Å². The highest BCUT2D eigenvalue weighted by Gasteiger charge is 2.33. The fraction of sp³-hybridized carbons (Fsp3) is 0.476. The fourth-order valence-electron chi connectivity index (χ4n) is 3.90. The van der Waals surface area contributed by atoms with Gasteiger partial charge in [-0.3, -0.25) is 9.89 Å². The van der Waals surface area contributed by atoms with Crippen molar-refractivity contribution in [3.63, 3.8) is 0 Å². The van der Waals surface area contributed by atoms with Gasteiger partial charge in [0.05, 0.1) is 5.56 Å². The van der Waals surface area contributed by atoms with Crippen molar-refractivity contribution < 1.29 is 13.2 Å². The molecule has 2 atom stereocenters. The first-order valence-electron chi connectivity index (χ1n) is 9.71. The first kappa shape index (κ1) is 24.9. The monoisotopic (exact) mass is 552 g/mol. The van der Waals surface area contributed by atoms with E-state index in [9.17, 15) is 13.2 Å². The van der Waals surface area contributed by atoms with Gasteiger partial charge in [0, 0.05) is 26.2 Å². The number of hydrogen-bond acceptors (Lipinski definition) is 3. The van der Waals surface area contributed by atoms with Crippen molar-refractivity contribution >= 4 is 41.3 Å². The lowest BCUT2D eigenvalue weighted by atomic mass is 9.84. The number of nitrogens with zero attached hydrogens (tertiary/aromatic N) is 2. The normalized spacial score (nSPS) is 20.5. The molecule has 1 fully saturated rings. The number of aliphatic imine (C=N–C) groups is 1. The molecule has 2 N–H and O–H groups in total. The van der Waals surface area contributed by atoms with E-state index in [1.165, 1.54) is 17.7 Å². The van der Waals surface area contributed by atoms with Crippen LogP contribution in [0, 0.1) is 5.92 Å². The van der Waals surface area contributed by atoms with E-state index in [0.717, 1.165) is 30.9 Å². The predicted molar refractivity (Wildman–Crippen MR) is 127 cm³/mol. The summed E-state index contributed by atoms with van der Waals surface area (Å²) in [5.74, 6) is 1.01. The highest BCUT2D eigenvalue weighted by Crippen LogP contribution is 2.36. The molecule has 166 valence electrons. The van der Waals surface area contributed by atoms with Crippen LogP contribution in [0.5, 0.6) is 0 Å². The van der Waals surface area contributed by atoms with Crippen molar-refractivity contribution in [2.45, 2.75) is 31.6 Å². The summed E-state index contributed by atoms with van der Waals surface area (Å²) in [6.07, 6.45) is -2.22. The molecule has 0 aliphatic carbocycles. The number of likely N-dealkylation sites (tertiary alicyclic amines) is 1. The van der Waals surface area contributed by atoms with Gasteiger partial charge < -0.3 is 10.6 Å². The minimum atomic E-state index is -4.31. The summed E-state index contributed by atoms with van der Waals surface area (Å²) >= 11 is 1.66. The van der Waals surface area contributed by atoms with Crippen LogP contribution >= 0.6 is 35.3 Å². The summed E-state index contributed by atoms with van der Waals surface area (Å²) in [6.45, 7) is 2.35. The van der Waals surface area contributed by atoms with Crippen LogP contribution in [-0.4, -0.2) is 38.0 Å². The van der Waals surface area contributed by atoms with E-state index < -0.39 is 11.7 Å². The van der Waals surface area contributed by atoms with Gasteiger partial charge in [-0.25, -0.2) is 0 Å². The maximum Gasteiger partial charge on any atom is 0.416 e. The van der Waals surface area contributed by atoms with Crippen LogP contribution in [0.3, 0.4) is 0 Å². The van der Waals surface area contributed by atoms with E-state index in [2.05, 4.69) is 32.0 Å². The van der Waals surface area contributed by atoms with Gasteiger partial charge in [-0.2, -0.15) is 24.5 Å². The van der Waals surface area contributed by atoms with Crippen molar-refractivity contribution in [1.29, 1.82) is 0 Å². The molecule has 2 aromatic rings. The summed E-state index contributed by atoms with van der Waals surface area (Å²) < 4.78 is 38.7. The van der Waals surface area contributed by atoms with Gasteiger partial charge in [0.15, 0.2) is 5.96 Å². The second-order valence-electron chi connectivity index (χ2n) is 7.39. The highest BCUT2D eigenvalue weighted by atomic mass is 127. The third-order valence-corrected chi connectivity index (χ3v) is 6.11. The van der Waals surface area contributed by atoms with Gasteiger partial charge in [0.25, 0.3) is 0 Å². The molecule has 1 saturated heterocycles. The number of rotatable bonds is 5. The fourth-order valence-corrected chi connectivity index (χ4v) is 4.57. The molecule has 30 heavy (non-hydrogen) atoms. The van der Waals surface area contributed by atoms with E-state index in [4.69, 9.17) is 0 Å². The Morgan fingerprint density at radius 2 is 1.93 bits per heavy atom. The van der Waals surface area contributed by atoms with E-state index in [-0.39, 0.29) is 35.9 Å². The maximum atomic E-state index is 12.9. The van der Waals surface area contributed by atoms with E-state index in [1.54, 1.807) is 30.5 Å². The van der Waals surface area contributed by atoms with Crippen LogP contribution in [0.25, 0.3) is 0 Å². The van der Waals surface area contributed by atoms with Crippen LogP contribution in [0.1, 0.15) is 35.6 Å². The lowest BCUT2D eigenvalue weighted by molar-refractivity contribution is -0.137. The van der Waals surface area contributed by atoms with Gasteiger partial charge in [-0.05, 0) is 72.4 Å². The molecule has 2 unspecified atom stereocenters. The van der Waals surface area contributed by atoms with Crippen molar-refractivity contribution in [1.82, 2.24) is 15.5 Å². The molecule has 1 aromatic carbocycles. The average molecular weight is 552 g/mol. The van der Waals surface area contributed by atoms with Crippen molar-refractivity contribution in [2.24, 2.45) is 10.9 Å². The van der Waals surface area contributed by atoms with E-state index >= 15 is 0 Å². The number of nitrogens with one attached hydrogen (secondary N) is 2. The van der Waals surface area contributed by atoms with Gasteiger partial charge in [-0.1, -0.05) is 12.1 Å². The topological polar surface area (TPSA) is 39.7 Å². The van der Waals surface area contributed by atoms with Gasteiger partial charge in [-0.15, -0.1) is 24.0 Å². The molecule has 0 bridgehead atoms. The highest BCUT2D eigenvalue weighted by molar-refractivity contribution is 14.0. The zero-order valence-corrected chi connectivity index (χ0v) is 20.2. The third kappa shape index (κ3) is 6.58. The smallest absolute Gasteiger partial charge is 0.356 e. The van der Waals surface area contributed by atoms with Crippen LogP contribution in [-0.2, 0) is 12.7 Å². The summed E-state index contributed by atoms with van der Waals surface area (Å²) in [5.41, 5.74) is 1.53. The molecule has 0 saturated carbocycles. The molecule has 0 amide bonds. The lowest BCUT2D eigenvalue weighted by Crippen LogP contribution is -2.44. The molecule has 3 rings (SSSR count). The van der Waals surface area contributed by atoms with Gasteiger partial charge >= 0.3 is 6.18 Å². The second kappa shape index (κ2) is 11.3. The second-order valence-corrected chi connectivity index (χ2v) is 8.17. The quantitative estimate of drug-likeness (QED) is 0.307. The number of hydrogen-bond donors (Lipinski definition) is 2. The number of piperidine rings is 1. The molecular formula is C21H28F3IN4S. The van der Waals surface area contributed by atoms with E-state index in [0.29, 0.717) is 13.1 Å². The maximum absolute atomic E-state index is 12.9. The van der Waals surface area contributed by atoms with Crippen LogP contribution in [0.4, 0.5) is 13.2 Å². The Morgan fingerprint density at radius 1 is 1.20 bits per heavy atom. The van der Waals surface area contributed by atoms with Gasteiger partial charge in [0.1, 0.15) is 0 Å². The zero-order valence-electron chi connectivity index (χ0n) is 17.1. The minimum Gasteiger partial charge on any atom is -0.356 e. The Hall–Kier alpha value is -1.33. The Bertz CT molecular complexity index is 794. The molecule has 0 spiro atoms. The van der Waals surface area contributed by atoms with Crippen molar-refractivity contribution in [2.75, 3.05) is 27.2 Å². The van der Waals surface area contributed by atoms with Crippen molar-refractivity contribution in [3.8, 4) is 0 Å². The Balaban J connectivity index is 0.00000320. The van der Waals surface area contributed by atoms with Crippen LogP contribution < -0.4 is 10.6 Å². The number of halogens is 4. The average Bonchev–Trinajstić information content (AvgIpc) is 3.21. The molecule has 4 nitrogen and oxygen atoms in total. The summed E-state index contributed by atoms with van der Waals surface area (Å²) in [7, 11) is 3.78. The van der Waals surface area contributed by atoms with Crippen molar-refractivity contribution in [3.05, 3.63) is 57.8 Å². The standard InChI is InChI=1S/C21H27F3N4S.HI/c1-25-20(26-12-15-9-11-29-14-15)27-13-17-4-3-10-28(2)19(17)16-5-7-18(8-6-16)21(22,23)24;/h5-9,11,14,17,19H,3-4,10,12-13H2,1-2H3,(H2,25,26,27);1H. The molecular weight excluding hydrogens is 524 g/mol. The number of benzene rings is 1. The molecule has 9 heteroatoms. The Labute approximate surface area is 197 Å². The summed E-state index contributed by atoms with van der Waals surface area (Å²) in [4.78, 5) is 6.52. The minimum absolute atomic E-state index is 0. The van der Waals surface area contributed by atoms with Gasteiger partial charge in [0.2, 0.25) is 0 Å². The summed E-state index contributed by atoms with van der Waals surface area (Å²) in [6, 6.07) is 7.75. The van der Waals surface area contributed by atoms with E-state index in [1.807, 2.05) is 12.4 Å². The molecule has 1 aromatic heterocycles. The lowest BCUT2D eigenvalue weighted by Gasteiger charge is -2.40. The Morgan fingerprint density at radius 3 is 2.53 bits per heavy atom. The molecule has 2 heterocycles. The third-order valence-electron chi connectivity index (χ3n) is 5.38. The largest absolute Gasteiger partial charge is 0.416 e. The molecule has 1 aliphatic heterocycles. The number of thiophene rings is 1. The molecule has 1 aliphatic rings. The first-order valence-corrected chi connectivity index (χ1v) is 10.7. The molecule has 0 radical (unpaired) electrons. The first-order chi connectivity index (χ1) is 13.9. The number of alkyl halides is 3. The zero-order chi connectivity index (χ0) is 20.9. The van der Waals surface area contributed by atoms with Crippen LogP contribution in [0.2, 0.25) is 0 Å². The predicted octanol–water partition coefficient (Wildman–Crippen LogP) is 5.13. The number of guanidine groups is 1. The summed E-state index contributed by atoms with van der Waals surface area (Å²) in [5, 5.41) is 10.8. The Kier molecular flexibility index (Phi) is 9.42. The SMILES string of the molecule is CN=C(NCc1ccsc1)NCC1CCCN(C)C1c1ccc(C(F)(F)F)cc1.I.